The first-order valence-corrected chi connectivity index (χ1v) is 8.70. The van der Waals surface area contributed by atoms with E-state index < -0.39 is 5.91 Å². The van der Waals surface area contributed by atoms with Crippen LogP contribution in [0.5, 0.6) is 0 Å². The summed E-state index contributed by atoms with van der Waals surface area (Å²) in [6, 6.07) is 13.7. The number of halogens is 2. The number of hydrogen-bond acceptors (Lipinski definition) is 3. The van der Waals surface area contributed by atoms with Crippen molar-refractivity contribution < 1.29 is 14.0 Å². The molecular weight excluding hydrogens is 375 g/mol. The summed E-state index contributed by atoms with van der Waals surface area (Å²) < 4.78 is 5.72. The van der Waals surface area contributed by atoms with Gasteiger partial charge in [0, 0.05) is 10.4 Å². The minimum atomic E-state index is -0.446. The quantitative estimate of drug-likeness (QED) is 0.680. The van der Waals surface area contributed by atoms with E-state index in [4.69, 9.17) is 27.6 Å². The zero-order valence-electron chi connectivity index (χ0n) is 13.9. The van der Waals surface area contributed by atoms with Gasteiger partial charge in [-0.3, -0.25) is 9.59 Å². The van der Waals surface area contributed by atoms with E-state index in [2.05, 4.69) is 10.6 Å². The highest BCUT2D eigenvalue weighted by Crippen LogP contribution is 2.23. The van der Waals surface area contributed by atoms with Crippen LogP contribution in [0.4, 0.5) is 0 Å². The van der Waals surface area contributed by atoms with Crippen molar-refractivity contribution in [2.24, 2.45) is 0 Å². The largest absolute Gasteiger partial charge is 0.459 e. The summed E-state index contributed by atoms with van der Waals surface area (Å²) in [6.07, 6.45) is 0. The molecule has 2 aromatic carbocycles. The second-order valence-electron chi connectivity index (χ2n) is 5.78. The fourth-order valence-electron chi connectivity index (χ4n) is 2.51. The van der Waals surface area contributed by atoms with Gasteiger partial charge in [0.1, 0.15) is 11.3 Å². The van der Waals surface area contributed by atoms with Crippen LogP contribution in [0.2, 0.25) is 10.0 Å². The number of rotatable bonds is 5. The standard InChI is InChI=1S/C19H16Cl2N2O3/c1-11(17-8-12-4-2-3-5-16(12)26-17)23-18(24)10-22-19(25)14-7-6-13(20)9-15(14)21/h2-9,11H,10H2,1H3,(H,22,25)(H,23,24). The molecule has 0 spiro atoms. The summed E-state index contributed by atoms with van der Waals surface area (Å²) in [5.41, 5.74) is 1.02. The molecule has 3 rings (SSSR count). The van der Waals surface area contributed by atoms with Crippen molar-refractivity contribution in [3.05, 3.63) is 69.9 Å². The first-order chi connectivity index (χ1) is 12.4. The molecule has 134 valence electrons. The average Bonchev–Trinajstić information content (AvgIpc) is 3.04. The number of hydrogen-bond donors (Lipinski definition) is 2. The number of furan rings is 1. The van der Waals surface area contributed by atoms with Gasteiger partial charge in [0.15, 0.2) is 0 Å². The van der Waals surface area contributed by atoms with Gasteiger partial charge in [0.05, 0.1) is 23.2 Å². The van der Waals surface area contributed by atoms with Crippen LogP contribution >= 0.6 is 23.2 Å². The van der Waals surface area contributed by atoms with Crippen LogP contribution in [0.1, 0.15) is 29.1 Å². The monoisotopic (exact) mass is 390 g/mol. The summed E-state index contributed by atoms with van der Waals surface area (Å²) in [5.74, 6) is -0.138. The third-order valence-electron chi connectivity index (χ3n) is 3.83. The summed E-state index contributed by atoms with van der Waals surface area (Å²) in [7, 11) is 0. The molecule has 0 aliphatic carbocycles. The van der Waals surface area contributed by atoms with E-state index in [0.717, 1.165) is 11.0 Å². The van der Waals surface area contributed by atoms with E-state index in [9.17, 15) is 9.59 Å². The molecule has 0 fully saturated rings. The summed E-state index contributed by atoms with van der Waals surface area (Å²) in [4.78, 5) is 24.2. The van der Waals surface area contributed by atoms with Gasteiger partial charge in [-0.25, -0.2) is 0 Å². The molecule has 0 aliphatic heterocycles. The van der Waals surface area contributed by atoms with E-state index in [1.807, 2.05) is 37.3 Å². The fraction of sp³-hybridized carbons (Fsp3) is 0.158. The van der Waals surface area contributed by atoms with Crippen molar-refractivity contribution in [1.82, 2.24) is 10.6 Å². The molecule has 0 saturated heterocycles. The maximum absolute atomic E-state index is 12.1. The van der Waals surface area contributed by atoms with Crippen molar-refractivity contribution in [2.75, 3.05) is 6.54 Å². The van der Waals surface area contributed by atoms with Crippen LogP contribution in [-0.4, -0.2) is 18.4 Å². The molecule has 1 heterocycles. The average molecular weight is 391 g/mol. The Balaban J connectivity index is 1.57. The number of nitrogens with one attached hydrogen (secondary N) is 2. The first kappa shape index (κ1) is 18.3. The molecule has 26 heavy (non-hydrogen) atoms. The maximum atomic E-state index is 12.1. The van der Waals surface area contributed by atoms with Crippen molar-refractivity contribution >= 4 is 46.0 Å². The second kappa shape index (κ2) is 7.81. The Morgan fingerprint density at radius 2 is 1.88 bits per heavy atom. The molecule has 0 radical (unpaired) electrons. The number of carbonyl (C=O) groups excluding carboxylic acids is 2. The summed E-state index contributed by atoms with van der Waals surface area (Å²) in [6.45, 7) is 1.63. The van der Waals surface area contributed by atoms with Gasteiger partial charge < -0.3 is 15.1 Å². The molecule has 0 bridgehead atoms. The Morgan fingerprint density at radius 1 is 1.12 bits per heavy atom. The molecule has 7 heteroatoms. The fourth-order valence-corrected chi connectivity index (χ4v) is 3.00. The van der Waals surface area contributed by atoms with Crippen LogP contribution in [0, 0.1) is 0 Å². The predicted molar refractivity (Wildman–Crippen MR) is 102 cm³/mol. The third-order valence-corrected chi connectivity index (χ3v) is 4.38. The first-order valence-electron chi connectivity index (χ1n) is 7.95. The highest BCUT2D eigenvalue weighted by molar-refractivity contribution is 6.36. The lowest BCUT2D eigenvalue weighted by Gasteiger charge is -2.12. The number of para-hydroxylation sites is 1. The number of amides is 2. The van der Waals surface area contributed by atoms with Crippen molar-refractivity contribution in [3.63, 3.8) is 0 Å². The van der Waals surface area contributed by atoms with E-state index in [-0.39, 0.29) is 29.1 Å². The minimum Gasteiger partial charge on any atom is -0.459 e. The van der Waals surface area contributed by atoms with Crippen LogP contribution in [0.3, 0.4) is 0 Å². The number of carbonyl (C=O) groups is 2. The Morgan fingerprint density at radius 3 is 2.62 bits per heavy atom. The topological polar surface area (TPSA) is 71.3 Å². The lowest BCUT2D eigenvalue weighted by Crippen LogP contribution is -2.38. The predicted octanol–water partition coefficient (Wildman–Crippen LogP) is 4.35. The van der Waals surface area contributed by atoms with Crippen molar-refractivity contribution in [3.8, 4) is 0 Å². The summed E-state index contributed by atoms with van der Waals surface area (Å²) in [5, 5.41) is 6.95. The van der Waals surface area contributed by atoms with Gasteiger partial charge in [0.2, 0.25) is 5.91 Å². The van der Waals surface area contributed by atoms with Crippen LogP contribution in [0.25, 0.3) is 11.0 Å². The van der Waals surface area contributed by atoms with Gasteiger partial charge in [-0.15, -0.1) is 0 Å². The van der Waals surface area contributed by atoms with E-state index >= 15 is 0 Å². The Hall–Kier alpha value is -2.50. The number of fused-ring (bicyclic) bond motifs is 1. The van der Waals surface area contributed by atoms with Gasteiger partial charge in [-0.1, -0.05) is 41.4 Å². The smallest absolute Gasteiger partial charge is 0.253 e. The van der Waals surface area contributed by atoms with Crippen LogP contribution in [-0.2, 0) is 4.79 Å². The molecule has 1 unspecified atom stereocenters. The van der Waals surface area contributed by atoms with Gasteiger partial charge >= 0.3 is 0 Å². The molecule has 1 atom stereocenters. The van der Waals surface area contributed by atoms with E-state index in [0.29, 0.717) is 10.8 Å². The highest BCUT2D eigenvalue weighted by atomic mass is 35.5. The van der Waals surface area contributed by atoms with Gasteiger partial charge in [-0.05, 0) is 37.3 Å². The molecule has 5 nitrogen and oxygen atoms in total. The van der Waals surface area contributed by atoms with Crippen molar-refractivity contribution in [2.45, 2.75) is 13.0 Å². The third kappa shape index (κ3) is 4.18. The second-order valence-corrected chi connectivity index (χ2v) is 6.63. The normalized spacial score (nSPS) is 12.0. The Bertz CT molecular complexity index is 935. The summed E-state index contributed by atoms with van der Waals surface area (Å²) >= 11 is 11.8. The molecule has 1 aromatic heterocycles. The Kier molecular flexibility index (Phi) is 5.49. The molecule has 3 aromatic rings. The molecule has 2 N–H and O–H groups in total. The molecule has 2 amide bonds. The lowest BCUT2D eigenvalue weighted by molar-refractivity contribution is -0.120. The minimum absolute atomic E-state index is 0.178. The molecule has 0 saturated carbocycles. The highest BCUT2D eigenvalue weighted by Gasteiger charge is 2.16. The molecule has 0 aliphatic rings. The van der Waals surface area contributed by atoms with Crippen LogP contribution in [0.15, 0.2) is 52.9 Å². The van der Waals surface area contributed by atoms with E-state index in [1.165, 1.54) is 12.1 Å². The molecular formula is C19H16Cl2N2O3. The Labute approximate surface area is 160 Å². The van der Waals surface area contributed by atoms with Gasteiger partial charge in [-0.2, -0.15) is 0 Å². The van der Waals surface area contributed by atoms with Crippen molar-refractivity contribution in [1.29, 1.82) is 0 Å². The SMILES string of the molecule is CC(NC(=O)CNC(=O)c1ccc(Cl)cc1Cl)c1cc2ccccc2o1. The zero-order chi connectivity index (χ0) is 18.7. The maximum Gasteiger partial charge on any atom is 0.253 e. The zero-order valence-corrected chi connectivity index (χ0v) is 15.4. The number of benzene rings is 2. The van der Waals surface area contributed by atoms with E-state index in [1.54, 1.807) is 6.07 Å². The van der Waals surface area contributed by atoms with Gasteiger partial charge in [0.25, 0.3) is 5.91 Å². The van der Waals surface area contributed by atoms with Crippen LogP contribution < -0.4 is 10.6 Å². The lowest BCUT2D eigenvalue weighted by atomic mass is 10.2.